The Morgan fingerprint density at radius 3 is 2.33 bits per heavy atom. The van der Waals surface area contributed by atoms with Gasteiger partial charge >= 0.3 is 5.97 Å². The molecule has 1 aromatic heterocycles. The summed E-state index contributed by atoms with van der Waals surface area (Å²) in [6.07, 6.45) is 1.57. The Labute approximate surface area is 237 Å². The number of nitrogens with zero attached hydrogens (tertiary/aromatic N) is 1. The average molecular weight is 595 g/mol. The maximum Gasteiger partial charge on any atom is 0.338 e. The summed E-state index contributed by atoms with van der Waals surface area (Å²) >= 11 is 7.02. The van der Waals surface area contributed by atoms with Crippen LogP contribution in [-0.4, -0.2) is 47.2 Å². The zero-order valence-electron chi connectivity index (χ0n) is 22.2. The molecule has 12 heteroatoms. The van der Waals surface area contributed by atoms with Gasteiger partial charge in [0.05, 0.1) is 35.4 Å². The Bertz CT molecular complexity index is 1420. The molecule has 0 aliphatic heterocycles. The van der Waals surface area contributed by atoms with E-state index in [9.17, 15) is 18.0 Å². The molecule has 0 atom stereocenters. The summed E-state index contributed by atoms with van der Waals surface area (Å²) in [5.74, 6) is -0.280. The van der Waals surface area contributed by atoms with Gasteiger partial charge in [0.25, 0.3) is 15.9 Å². The fourth-order valence-corrected chi connectivity index (χ4v) is 6.33. The first-order valence-electron chi connectivity index (χ1n) is 12.4. The highest BCUT2D eigenvalue weighted by molar-refractivity contribution is 7.93. The summed E-state index contributed by atoms with van der Waals surface area (Å²) in [7, 11) is -2.82. The Hall–Kier alpha value is -3.28. The number of hydrogen-bond acceptors (Lipinski definition) is 8. The van der Waals surface area contributed by atoms with Crippen LogP contribution in [0.15, 0.2) is 53.4 Å². The number of thiophene rings is 1. The van der Waals surface area contributed by atoms with Crippen LogP contribution < -0.4 is 19.1 Å². The van der Waals surface area contributed by atoms with Crippen molar-refractivity contribution < 1.29 is 32.2 Å². The van der Waals surface area contributed by atoms with E-state index in [2.05, 4.69) is 5.32 Å². The molecule has 0 aliphatic carbocycles. The van der Waals surface area contributed by atoms with Crippen LogP contribution in [-0.2, 0) is 14.8 Å². The number of rotatable bonds is 13. The third-order valence-electron chi connectivity index (χ3n) is 5.36. The van der Waals surface area contributed by atoms with E-state index in [4.69, 9.17) is 25.8 Å². The second-order valence-corrected chi connectivity index (χ2v) is 11.9. The lowest BCUT2D eigenvalue weighted by Crippen LogP contribution is -2.28. The largest absolute Gasteiger partial charge is 0.490 e. The fourth-order valence-electron chi connectivity index (χ4n) is 3.46. The highest BCUT2D eigenvalue weighted by Gasteiger charge is 2.30. The molecule has 3 aromatic rings. The van der Waals surface area contributed by atoms with E-state index in [1.165, 1.54) is 19.2 Å². The molecule has 0 aliphatic rings. The predicted octanol–water partition coefficient (Wildman–Crippen LogP) is 6.23. The number of amides is 1. The van der Waals surface area contributed by atoms with Crippen molar-refractivity contribution in [2.24, 2.45) is 0 Å². The molecule has 39 heavy (non-hydrogen) atoms. The number of anilines is 2. The van der Waals surface area contributed by atoms with Gasteiger partial charge in [0, 0.05) is 18.8 Å². The number of esters is 1. The molecule has 0 spiro atoms. The lowest BCUT2D eigenvalue weighted by Gasteiger charge is -2.21. The number of nitrogens with one attached hydrogen (secondary N) is 1. The van der Waals surface area contributed by atoms with Gasteiger partial charge in [0.15, 0.2) is 11.5 Å². The Balaban J connectivity index is 1.91. The number of ether oxygens (including phenoxy) is 3. The number of benzene rings is 2. The van der Waals surface area contributed by atoms with E-state index in [0.29, 0.717) is 36.1 Å². The van der Waals surface area contributed by atoms with E-state index >= 15 is 0 Å². The number of carbonyl (C=O) groups is 2. The van der Waals surface area contributed by atoms with Gasteiger partial charge in [-0.05, 0) is 56.2 Å². The first-order valence-corrected chi connectivity index (χ1v) is 15.0. The molecular formula is C27H31ClN2O7S2. The smallest absolute Gasteiger partial charge is 0.338 e. The summed E-state index contributed by atoms with van der Waals surface area (Å²) in [6.45, 7) is 6.77. The zero-order chi connectivity index (χ0) is 28.6. The molecule has 210 valence electrons. The van der Waals surface area contributed by atoms with Crippen LogP contribution in [0.3, 0.4) is 0 Å². The van der Waals surface area contributed by atoms with Gasteiger partial charge in [0.2, 0.25) is 0 Å². The van der Waals surface area contributed by atoms with Crippen molar-refractivity contribution in [3.8, 4) is 11.5 Å². The van der Waals surface area contributed by atoms with Crippen LogP contribution in [0.2, 0.25) is 4.34 Å². The lowest BCUT2D eigenvalue weighted by molar-refractivity contribution is 0.0526. The van der Waals surface area contributed by atoms with Crippen LogP contribution in [0.5, 0.6) is 11.5 Å². The molecule has 0 saturated carbocycles. The molecule has 0 bridgehead atoms. The normalized spacial score (nSPS) is 11.1. The maximum atomic E-state index is 13.7. The number of hydrogen-bond donors (Lipinski definition) is 1. The van der Waals surface area contributed by atoms with Crippen LogP contribution in [0, 0.1) is 0 Å². The second kappa shape index (κ2) is 13.7. The van der Waals surface area contributed by atoms with Gasteiger partial charge < -0.3 is 19.5 Å². The quantitative estimate of drug-likeness (QED) is 0.233. The minimum Gasteiger partial charge on any atom is -0.490 e. The molecular weight excluding hydrogens is 564 g/mol. The lowest BCUT2D eigenvalue weighted by atomic mass is 10.2. The highest BCUT2D eigenvalue weighted by Crippen LogP contribution is 2.37. The summed E-state index contributed by atoms with van der Waals surface area (Å²) in [4.78, 5) is 24.9. The number of halogens is 1. The van der Waals surface area contributed by atoms with Crippen molar-refractivity contribution in [1.29, 1.82) is 0 Å². The highest BCUT2D eigenvalue weighted by atomic mass is 35.5. The third kappa shape index (κ3) is 7.43. The molecule has 0 radical (unpaired) electrons. The molecule has 0 saturated heterocycles. The Kier molecular flexibility index (Phi) is 10.6. The molecule has 2 aromatic carbocycles. The Morgan fingerprint density at radius 2 is 1.67 bits per heavy atom. The summed E-state index contributed by atoms with van der Waals surface area (Å²) in [5.41, 5.74) is 0.867. The van der Waals surface area contributed by atoms with Crippen molar-refractivity contribution in [3.63, 3.8) is 0 Å². The third-order valence-corrected chi connectivity index (χ3v) is 8.56. The first kappa shape index (κ1) is 30.3. The van der Waals surface area contributed by atoms with Gasteiger partial charge in [-0.1, -0.05) is 31.5 Å². The van der Waals surface area contributed by atoms with E-state index in [1.807, 2.05) is 13.8 Å². The summed E-state index contributed by atoms with van der Waals surface area (Å²) in [5, 5.41) is 2.64. The predicted molar refractivity (Wildman–Crippen MR) is 153 cm³/mol. The van der Waals surface area contributed by atoms with Gasteiger partial charge in [-0.2, -0.15) is 0 Å². The molecule has 0 fully saturated rings. The van der Waals surface area contributed by atoms with E-state index in [-0.39, 0.29) is 26.3 Å². The molecule has 1 amide bonds. The summed E-state index contributed by atoms with van der Waals surface area (Å²) in [6, 6.07) is 12.3. The van der Waals surface area contributed by atoms with E-state index in [0.717, 1.165) is 28.5 Å². The van der Waals surface area contributed by atoms with Crippen molar-refractivity contribution in [2.75, 3.05) is 36.5 Å². The van der Waals surface area contributed by atoms with Crippen molar-refractivity contribution in [2.45, 2.75) is 38.5 Å². The molecule has 0 unspecified atom stereocenters. The van der Waals surface area contributed by atoms with Crippen LogP contribution >= 0.6 is 22.9 Å². The van der Waals surface area contributed by atoms with Crippen LogP contribution in [0.1, 0.15) is 53.6 Å². The van der Waals surface area contributed by atoms with Crippen LogP contribution in [0.25, 0.3) is 0 Å². The number of sulfonamides is 1. The van der Waals surface area contributed by atoms with Crippen molar-refractivity contribution in [1.82, 2.24) is 0 Å². The first-order chi connectivity index (χ1) is 18.6. The van der Waals surface area contributed by atoms with Gasteiger partial charge in [-0.15, -0.1) is 11.3 Å². The summed E-state index contributed by atoms with van der Waals surface area (Å²) < 4.78 is 45.1. The Morgan fingerprint density at radius 1 is 0.974 bits per heavy atom. The van der Waals surface area contributed by atoms with Crippen molar-refractivity contribution in [3.05, 3.63) is 63.3 Å². The van der Waals surface area contributed by atoms with E-state index in [1.54, 1.807) is 43.3 Å². The molecule has 1 heterocycles. The SMILES string of the molecule is CCCOc1ccc(N(C)S(=O)(=O)c2cc(Cl)sc2C(=O)Nc2cccc(C(=O)OCC)c2)cc1OCCC. The minimum atomic E-state index is -4.21. The monoisotopic (exact) mass is 594 g/mol. The average Bonchev–Trinajstić information content (AvgIpc) is 3.33. The van der Waals surface area contributed by atoms with Gasteiger partial charge in [0.1, 0.15) is 9.77 Å². The molecule has 1 N–H and O–H groups in total. The molecule has 9 nitrogen and oxygen atoms in total. The van der Waals surface area contributed by atoms with Crippen molar-refractivity contribution >= 4 is 56.2 Å². The van der Waals surface area contributed by atoms with Gasteiger partial charge in [-0.3, -0.25) is 9.10 Å². The fraction of sp³-hybridized carbons (Fsp3) is 0.333. The standard InChI is InChI=1S/C27H31ClN2O7S2/c1-5-13-36-21-12-11-20(16-22(21)37-14-6-2)30(4)39(33,34)23-17-24(28)38-25(23)26(31)29-19-10-8-9-18(15-19)27(32)35-7-3/h8-12,15-17H,5-7,13-14H2,1-4H3,(H,29,31). The van der Waals surface area contributed by atoms with Gasteiger partial charge in [-0.25, -0.2) is 13.2 Å². The number of carbonyl (C=O) groups excluding carboxylic acids is 2. The van der Waals surface area contributed by atoms with Crippen LogP contribution in [0.4, 0.5) is 11.4 Å². The zero-order valence-corrected chi connectivity index (χ0v) is 24.5. The topological polar surface area (TPSA) is 111 Å². The maximum absolute atomic E-state index is 13.7. The minimum absolute atomic E-state index is 0.0984. The second-order valence-electron chi connectivity index (χ2n) is 8.30. The molecule has 3 rings (SSSR count). The van der Waals surface area contributed by atoms with E-state index < -0.39 is 21.9 Å².